The summed E-state index contributed by atoms with van der Waals surface area (Å²) in [6.45, 7) is 1.98. The molecule has 0 aliphatic heterocycles. The number of thioether (sulfide) groups is 1. The third-order valence-electron chi connectivity index (χ3n) is 2.68. The second-order valence-electron chi connectivity index (χ2n) is 4.20. The summed E-state index contributed by atoms with van der Waals surface area (Å²) in [5, 5.41) is 23.6. The topological polar surface area (TPSA) is 98.7 Å². The van der Waals surface area contributed by atoms with Crippen molar-refractivity contribution < 1.29 is 19.8 Å². The van der Waals surface area contributed by atoms with E-state index in [4.69, 9.17) is 5.11 Å². The Balaban J connectivity index is 2.71. The molecule has 6 nitrogen and oxygen atoms in total. The van der Waals surface area contributed by atoms with Gasteiger partial charge in [0.05, 0.1) is 0 Å². The first-order chi connectivity index (χ1) is 9.47. The molecule has 0 fully saturated rings. The molecule has 0 heterocycles. The lowest BCUT2D eigenvalue weighted by Gasteiger charge is -2.16. The first kappa shape index (κ1) is 16.2. The maximum Gasteiger partial charge on any atom is 0.339 e. The summed E-state index contributed by atoms with van der Waals surface area (Å²) in [5.74, 6) is -0.780. The number of carbonyl (C=O) groups excluding carboxylic acids is 1. The quantitative estimate of drug-likeness (QED) is 0.604. The molecule has 0 saturated carbocycles. The molecule has 1 aromatic rings. The molecule has 0 radical (unpaired) electrons. The lowest BCUT2D eigenvalue weighted by atomic mass is 10.2. The molecule has 2 amide bonds. The van der Waals surface area contributed by atoms with Crippen molar-refractivity contribution in [2.24, 2.45) is 0 Å². The van der Waals surface area contributed by atoms with Gasteiger partial charge >= 0.3 is 12.0 Å². The first-order valence-corrected chi connectivity index (χ1v) is 7.50. The normalized spacial score (nSPS) is 11.7. The number of benzene rings is 1. The van der Waals surface area contributed by atoms with Crippen LogP contribution in [0.5, 0.6) is 5.75 Å². The highest BCUT2D eigenvalue weighted by Crippen LogP contribution is 2.21. The smallest absolute Gasteiger partial charge is 0.339 e. The number of urea groups is 1. The number of hydrogen-bond acceptors (Lipinski definition) is 4. The highest BCUT2D eigenvalue weighted by molar-refractivity contribution is 7.98. The molecule has 0 spiro atoms. The predicted octanol–water partition coefficient (Wildman–Crippen LogP) is 2.35. The van der Waals surface area contributed by atoms with Crippen molar-refractivity contribution in [1.29, 1.82) is 0 Å². The van der Waals surface area contributed by atoms with Gasteiger partial charge in [-0.05, 0) is 30.9 Å². The highest BCUT2D eigenvalue weighted by Gasteiger charge is 2.13. The number of carbonyl (C=O) groups is 2. The van der Waals surface area contributed by atoms with E-state index < -0.39 is 12.0 Å². The van der Waals surface area contributed by atoms with Crippen molar-refractivity contribution in [3.8, 4) is 5.75 Å². The molecule has 0 saturated heterocycles. The summed E-state index contributed by atoms with van der Waals surface area (Å²) < 4.78 is 0. The van der Waals surface area contributed by atoms with Gasteiger partial charge in [-0.25, -0.2) is 9.59 Å². The summed E-state index contributed by atoms with van der Waals surface area (Å²) in [6, 6.07) is 3.55. The number of carboxylic acids is 1. The second kappa shape index (κ2) is 7.64. The Labute approximate surface area is 121 Å². The van der Waals surface area contributed by atoms with Crippen LogP contribution in [0.2, 0.25) is 0 Å². The minimum atomic E-state index is -1.25. The molecule has 1 aromatic carbocycles. The lowest BCUT2D eigenvalue weighted by molar-refractivity contribution is 0.0693. The van der Waals surface area contributed by atoms with Crippen LogP contribution in [0.3, 0.4) is 0 Å². The van der Waals surface area contributed by atoms with Gasteiger partial charge in [0.1, 0.15) is 11.3 Å². The van der Waals surface area contributed by atoms with Crippen LogP contribution >= 0.6 is 11.8 Å². The number of carboxylic acid groups (broad SMARTS) is 1. The van der Waals surface area contributed by atoms with Crippen molar-refractivity contribution in [2.45, 2.75) is 19.4 Å². The molecule has 20 heavy (non-hydrogen) atoms. The van der Waals surface area contributed by atoms with Crippen LogP contribution in [0.15, 0.2) is 18.2 Å². The largest absolute Gasteiger partial charge is 0.507 e. The Morgan fingerprint density at radius 1 is 1.40 bits per heavy atom. The van der Waals surface area contributed by atoms with Crippen molar-refractivity contribution >= 4 is 29.4 Å². The van der Waals surface area contributed by atoms with Crippen LogP contribution < -0.4 is 10.6 Å². The van der Waals surface area contributed by atoms with Crippen LogP contribution in [0.1, 0.15) is 23.7 Å². The number of nitrogens with one attached hydrogen (secondary N) is 2. The van der Waals surface area contributed by atoms with E-state index in [-0.39, 0.29) is 17.4 Å². The lowest BCUT2D eigenvalue weighted by Crippen LogP contribution is -2.39. The minimum Gasteiger partial charge on any atom is -0.507 e. The maximum absolute atomic E-state index is 11.8. The van der Waals surface area contributed by atoms with E-state index >= 15 is 0 Å². The number of rotatable bonds is 6. The first-order valence-electron chi connectivity index (χ1n) is 6.10. The molecule has 0 aliphatic rings. The molecule has 110 valence electrons. The van der Waals surface area contributed by atoms with Crippen LogP contribution in [0.4, 0.5) is 10.5 Å². The Bertz CT molecular complexity index is 493. The van der Waals surface area contributed by atoms with Crippen LogP contribution in [-0.2, 0) is 0 Å². The van der Waals surface area contributed by atoms with E-state index in [1.54, 1.807) is 11.8 Å². The van der Waals surface area contributed by atoms with Crippen LogP contribution in [-0.4, -0.2) is 40.3 Å². The van der Waals surface area contributed by atoms with E-state index in [9.17, 15) is 14.7 Å². The van der Waals surface area contributed by atoms with Gasteiger partial charge in [-0.1, -0.05) is 6.92 Å². The number of anilines is 1. The monoisotopic (exact) mass is 298 g/mol. The number of aromatic hydroxyl groups is 1. The molecule has 0 aromatic heterocycles. The average Bonchev–Trinajstić information content (AvgIpc) is 2.40. The van der Waals surface area contributed by atoms with Gasteiger partial charge in [-0.3, -0.25) is 0 Å². The van der Waals surface area contributed by atoms with Gasteiger partial charge in [0.2, 0.25) is 0 Å². The van der Waals surface area contributed by atoms with E-state index in [1.165, 1.54) is 18.2 Å². The Kier molecular flexibility index (Phi) is 6.17. The Morgan fingerprint density at radius 2 is 2.10 bits per heavy atom. The number of hydrogen-bond donors (Lipinski definition) is 4. The third-order valence-corrected chi connectivity index (χ3v) is 3.42. The Morgan fingerprint density at radius 3 is 2.65 bits per heavy atom. The summed E-state index contributed by atoms with van der Waals surface area (Å²) >= 11 is 1.64. The van der Waals surface area contributed by atoms with Gasteiger partial charge in [0, 0.05) is 17.5 Å². The Hall–Kier alpha value is -1.89. The van der Waals surface area contributed by atoms with Crippen LogP contribution in [0, 0.1) is 0 Å². The van der Waals surface area contributed by atoms with Gasteiger partial charge in [0.15, 0.2) is 0 Å². The second-order valence-corrected chi connectivity index (χ2v) is 5.11. The zero-order chi connectivity index (χ0) is 15.1. The van der Waals surface area contributed by atoms with Crippen molar-refractivity contribution in [3.05, 3.63) is 23.8 Å². The average molecular weight is 298 g/mol. The summed E-state index contributed by atoms with van der Waals surface area (Å²) in [6.07, 6.45) is 2.77. The zero-order valence-corrected chi connectivity index (χ0v) is 12.2. The van der Waals surface area contributed by atoms with E-state index in [0.29, 0.717) is 5.69 Å². The minimum absolute atomic E-state index is 0.0565. The fourth-order valence-corrected chi connectivity index (χ4v) is 2.32. The fourth-order valence-electron chi connectivity index (χ4n) is 1.60. The van der Waals surface area contributed by atoms with E-state index in [0.717, 1.165) is 12.2 Å². The van der Waals surface area contributed by atoms with E-state index in [1.807, 2.05) is 13.2 Å². The molecular formula is C13H18N2O4S. The summed E-state index contributed by atoms with van der Waals surface area (Å²) in [7, 11) is 0. The summed E-state index contributed by atoms with van der Waals surface area (Å²) in [5.41, 5.74) is 0.0654. The fraction of sp³-hybridized carbons (Fsp3) is 0.385. The number of amides is 2. The SMILES string of the molecule is CCC(CSC)NC(=O)Nc1ccc(O)c(C(=O)O)c1. The standard InChI is InChI=1S/C13H18N2O4S/c1-3-8(7-20-2)14-13(19)15-9-4-5-11(16)10(6-9)12(17)18/h4-6,8,16H,3,7H2,1-2H3,(H,17,18)(H2,14,15,19). The molecular weight excluding hydrogens is 280 g/mol. The maximum atomic E-state index is 11.8. The number of phenols is 1. The van der Waals surface area contributed by atoms with Gasteiger partial charge in [0.25, 0.3) is 0 Å². The molecule has 1 unspecified atom stereocenters. The van der Waals surface area contributed by atoms with Gasteiger partial charge in [-0.15, -0.1) is 0 Å². The zero-order valence-electron chi connectivity index (χ0n) is 11.3. The molecule has 4 N–H and O–H groups in total. The third kappa shape index (κ3) is 4.65. The molecule has 7 heteroatoms. The van der Waals surface area contributed by atoms with E-state index in [2.05, 4.69) is 10.6 Å². The molecule has 0 bridgehead atoms. The molecule has 1 rings (SSSR count). The van der Waals surface area contributed by atoms with Gasteiger partial charge in [-0.2, -0.15) is 11.8 Å². The van der Waals surface area contributed by atoms with Gasteiger partial charge < -0.3 is 20.8 Å². The predicted molar refractivity (Wildman–Crippen MR) is 79.7 cm³/mol. The highest BCUT2D eigenvalue weighted by atomic mass is 32.2. The van der Waals surface area contributed by atoms with Crippen molar-refractivity contribution in [2.75, 3.05) is 17.3 Å². The van der Waals surface area contributed by atoms with Crippen LogP contribution in [0.25, 0.3) is 0 Å². The van der Waals surface area contributed by atoms with Crippen molar-refractivity contribution in [3.63, 3.8) is 0 Å². The van der Waals surface area contributed by atoms with Crippen molar-refractivity contribution in [1.82, 2.24) is 5.32 Å². The molecule has 1 atom stereocenters. The number of aromatic carboxylic acids is 1. The molecule has 0 aliphatic carbocycles. The summed E-state index contributed by atoms with van der Waals surface area (Å²) in [4.78, 5) is 22.7.